The molecule has 0 radical (unpaired) electrons. The van der Waals surface area contributed by atoms with Crippen molar-refractivity contribution in [3.8, 4) is 0 Å². The van der Waals surface area contributed by atoms with Crippen LogP contribution in [0, 0.1) is 3.57 Å². The predicted molar refractivity (Wildman–Crippen MR) is 120 cm³/mol. The lowest BCUT2D eigenvalue weighted by Crippen LogP contribution is -1.97. The molecule has 0 fully saturated rings. The molecule has 0 aromatic heterocycles. The summed E-state index contributed by atoms with van der Waals surface area (Å²) in [4.78, 5) is 4.42. The lowest BCUT2D eigenvalue weighted by atomic mass is 9.87. The first-order chi connectivity index (χ1) is 12.8. The second kappa shape index (κ2) is 7.58. The molecule has 4 rings (SSSR count). The van der Waals surface area contributed by atoms with E-state index in [9.17, 15) is 0 Å². The van der Waals surface area contributed by atoms with E-state index in [4.69, 9.17) is 0 Å². The van der Waals surface area contributed by atoms with Crippen LogP contribution >= 0.6 is 22.6 Å². The highest BCUT2D eigenvalue weighted by atomic mass is 127. The van der Waals surface area contributed by atoms with Gasteiger partial charge in [0, 0.05) is 9.78 Å². The smallest absolute Gasteiger partial charge is 0.0646 e. The van der Waals surface area contributed by atoms with Gasteiger partial charge in [0.05, 0.1) is 6.54 Å². The molecule has 0 atom stereocenters. The van der Waals surface area contributed by atoms with Crippen LogP contribution in [0.15, 0.2) is 77.8 Å². The summed E-state index contributed by atoms with van der Waals surface area (Å²) in [5, 5.41) is 0. The third kappa shape index (κ3) is 3.38. The first-order valence-electron chi connectivity index (χ1n) is 8.94. The third-order valence-electron chi connectivity index (χ3n) is 4.84. The molecule has 1 nitrogen and oxygen atoms in total. The van der Waals surface area contributed by atoms with Crippen LogP contribution in [0.2, 0.25) is 0 Å². The maximum atomic E-state index is 4.42. The van der Waals surface area contributed by atoms with Gasteiger partial charge in [0.15, 0.2) is 0 Å². The van der Waals surface area contributed by atoms with Gasteiger partial charge < -0.3 is 0 Å². The average molecular weight is 449 g/mol. The maximum absolute atomic E-state index is 4.42. The topological polar surface area (TPSA) is 12.4 Å². The molecule has 3 aromatic rings. The van der Waals surface area contributed by atoms with Crippen LogP contribution in [-0.2, 0) is 6.54 Å². The molecule has 3 aromatic carbocycles. The van der Waals surface area contributed by atoms with Gasteiger partial charge >= 0.3 is 0 Å². The quantitative estimate of drug-likeness (QED) is 0.315. The minimum atomic E-state index is 0.803. The summed E-state index contributed by atoms with van der Waals surface area (Å²) >= 11 is 2.36. The molecule has 1 aliphatic rings. The number of nitrogens with zero attached hydrogens (tertiary/aromatic N) is 1. The van der Waals surface area contributed by atoms with E-state index in [1.807, 2.05) is 6.21 Å². The second-order valence-corrected chi connectivity index (χ2v) is 7.71. The van der Waals surface area contributed by atoms with Crippen molar-refractivity contribution in [2.24, 2.45) is 4.99 Å². The highest BCUT2D eigenvalue weighted by Gasteiger charge is 2.15. The van der Waals surface area contributed by atoms with E-state index in [0.717, 1.165) is 13.0 Å². The summed E-state index contributed by atoms with van der Waals surface area (Å²) in [6.45, 7) is 3.04. The third-order valence-corrected chi connectivity index (χ3v) is 5.56. The van der Waals surface area contributed by atoms with Gasteiger partial charge in [-0.2, -0.15) is 0 Å². The van der Waals surface area contributed by atoms with Crippen molar-refractivity contribution in [2.45, 2.75) is 19.9 Å². The first kappa shape index (κ1) is 17.2. The lowest BCUT2D eigenvalue weighted by Gasteiger charge is -2.17. The van der Waals surface area contributed by atoms with Crippen LogP contribution in [-0.4, -0.2) is 6.21 Å². The molecular weight excluding hydrogens is 429 g/mol. The highest BCUT2D eigenvalue weighted by Crippen LogP contribution is 2.35. The SMILES string of the molecule is CC/C(=C(/c1ccc(I)cc1)c1ccc2c(c1)C=NC2)c1ccccc1. The van der Waals surface area contributed by atoms with E-state index in [2.05, 4.69) is 107 Å². The maximum Gasteiger partial charge on any atom is 0.0646 e. The largest absolute Gasteiger partial charge is 0.288 e. The molecule has 0 saturated heterocycles. The molecular formula is C24H20IN. The monoisotopic (exact) mass is 449 g/mol. The van der Waals surface area contributed by atoms with Crippen LogP contribution in [0.4, 0.5) is 0 Å². The molecule has 0 unspecified atom stereocenters. The fourth-order valence-corrected chi connectivity index (χ4v) is 3.91. The van der Waals surface area contributed by atoms with Crippen molar-refractivity contribution < 1.29 is 0 Å². The van der Waals surface area contributed by atoms with Gasteiger partial charge in [-0.1, -0.05) is 61.5 Å². The first-order valence-corrected chi connectivity index (χ1v) is 10.0. The standard InChI is InChI=1S/C24H20IN/c1-2-23(17-6-4-3-5-7-17)24(18-10-12-22(25)13-11-18)19-8-9-20-15-26-16-21(20)14-19/h3-14,16H,2,15H2,1H3/b24-23+. The van der Waals surface area contributed by atoms with Crippen LogP contribution < -0.4 is 0 Å². The summed E-state index contributed by atoms with van der Waals surface area (Å²) < 4.78 is 1.25. The van der Waals surface area contributed by atoms with Crippen molar-refractivity contribution in [3.63, 3.8) is 0 Å². The van der Waals surface area contributed by atoms with Gasteiger partial charge in [0.1, 0.15) is 0 Å². The Morgan fingerprint density at radius 2 is 1.62 bits per heavy atom. The number of hydrogen-bond donors (Lipinski definition) is 0. The lowest BCUT2D eigenvalue weighted by molar-refractivity contribution is 1.11. The zero-order valence-corrected chi connectivity index (χ0v) is 16.9. The van der Waals surface area contributed by atoms with Crippen molar-refractivity contribution in [1.82, 2.24) is 0 Å². The Morgan fingerprint density at radius 1 is 0.885 bits per heavy atom. The van der Waals surface area contributed by atoms with Crippen molar-refractivity contribution >= 4 is 40.0 Å². The number of allylic oxidation sites excluding steroid dienone is 1. The number of fused-ring (bicyclic) bond motifs is 1. The van der Waals surface area contributed by atoms with Gasteiger partial charge in [0.25, 0.3) is 0 Å². The fraction of sp³-hybridized carbons (Fsp3) is 0.125. The molecule has 1 aliphatic heterocycles. The van der Waals surface area contributed by atoms with Crippen LogP contribution in [0.5, 0.6) is 0 Å². The van der Waals surface area contributed by atoms with E-state index in [1.165, 1.54) is 42.5 Å². The van der Waals surface area contributed by atoms with Crippen LogP contribution in [0.25, 0.3) is 11.1 Å². The number of aliphatic imine (C=N–C) groups is 1. The molecule has 0 spiro atoms. The van der Waals surface area contributed by atoms with E-state index in [1.54, 1.807) is 0 Å². The Hall–Kier alpha value is -2.20. The minimum absolute atomic E-state index is 0.803. The van der Waals surface area contributed by atoms with Crippen molar-refractivity contribution in [1.29, 1.82) is 0 Å². The predicted octanol–water partition coefficient (Wildman–Crippen LogP) is 6.59. The van der Waals surface area contributed by atoms with Gasteiger partial charge in [-0.25, -0.2) is 0 Å². The van der Waals surface area contributed by atoms with E-state index < -0.39 is 0 Å². The van der Waals surface area contributed by atoms with Crippen LogP contribution in [0.1, 0.15) is 41.2 Å². The Balaban J connectivity index is 1.96. The summed E-state index contributed by atoms with van der Waals surface area (Å²) in [6, 6.07) is 26.3. The van der Waals surface area contributed by atoms with Crippen LogP contribution in [0.3, 0.4) is 0 Å². The summed E-state index contributed by atoms with van der Waals surface area (Å²) in [5.74, 6) is 0. The summed E-state index contributed by atoms with van der Waals surface area (Å²) in [7, 11) is 0. The van der Waals surface area contributed by atoms with Gasteiger partial charge in [-0.15, -0.1) is 0 Å². The van der Waals surface area contributed by atoms with Crippen molar-refractivity contribution in [3.05, 3.63) is 104 Å². The molecule has 0 bridgehead atoms. The normalized spacial score (nSPS) is 13.5. The molecule has 0 amide bonds. The molecule has 0 aliphatic carbocycles. The van der Waals surface area contributed by atoms with Crippen molar-refractivity contribution in [2.75, 3.05) is 0 Å². The Bertz CT molecular complexity index is 982. The summed E-state index contributed by atoms with van der Waals surface area (Å²) in [6.07, 6.45) is 2.98. The fourth-order valence-electron chi connectivity index (χ4n) is 3.55. The Kier molecular flexibility index (Phi) is 5.02. The number of hydrogen-bond acceptors (Lipinski definition) is 1. The average Bonchev–Trinajstić information content (AvgIpc) is 3.15. The zero-order valence-electron chi connectivity index (χ0n) is 14.7. The van der Waals surface area contributed by atoms with Gasteiger partial charge in [0.2, 0.25) is 0 Å². The Morgan fingerprint density at radius 3 is 2.35 bits per heavy atom. The number of benzene rings is 3. The molecule has 0 N–H and O–H groups in total. The molecule has 0 saturated carbocycles. The van der Waals surface area contributed by atoms with E-state index >= 15 is 0 Å². The second-order valence-electron chi connectivity index (χ2n) is 6.46. The van der Waals surface area contributed by atoms with E-state index in [-0.39, 0.29) is 0 Å². The minimum Gasteiger partial charge on any atom is -0.288 e. The summed E-state index contributed by atoms with van der Waals surface area (Å²) in [5.41, 5.74) is 9.07. The molecule has 128 valence electrons. The molecule has 26 heavy (non-hydrogen) atoms. The highest BCUT2D eigenvalue weighted by molar-refractivity contribution is 14.1. The Labute approximate surface area is 168 Å². The number of halogens is 1. The number of rotatable bonds is 4. The van der Waals surface area contributed by atoms with Gasteiger partial charge in [-0.05, 0) is 86.2 Å². The molecule has 2 heteroatoms. The molecule has 1 heterocycles. The van der Waals surface area contributed by atoms with Gasteiger partial charge in [-0.3, -0.25) is 4.99 Å². The zero-order chi connectivity index (χ0) is 17.9. The van der Waals surface area contributed by atoms with E-state index in [0.29, 0.717) is 0 Å².